The van der Waals surface area contributed by atoms with Crippen molar-refractivity contribution in [3.05, 3.63) is 18.3 Å². The number of rotatable bonds is 2. The quantitative estimate of drug-likeness (QED) is 0.724. The number of pyridine rings is 1. The van der Waals surface area contributed by atoms with Gasteiger partial charge in [-0.25, -0.2) is 4.98 Å². The van der Waals surface area contributed by atoms with Gasteiger partial charge in [0.05, 0.1) is 12.2 Å². The summed E-state index contributed by atoms with van der Waals surface area (Å²) in [5, 5.41) is 2.78. The molecule has 0 aliphatic carbocycles. The molecule has 2 heterocycles. The Kier molecular flexibility index (Phi) is 2.55. The van der Waals surface area contributed by atoms with Crippen LogP contribution in [0.1, 0.15) is 6.92 Å². The number of aromatic nitrogens is 1. The van der Waals surface area contributed by atoms with Crippen molar-refractivity contribution in [3.63, 3.8) is 0 Å². The number of carbonyl (C=O) groups excluding carboxylic acids is 1. The Labute approximate surface area is 88.3 Å². The van der Waals surface area contributed by atoms with Crippen molar-refractivity contribution in [3.8, 4) is 0 Å². The van der Waals surface area contributed by atoms with Crippen molar-refractivity contribution < 1.29 is 4.79 Å². The molecule has 1 unspecified atom stereocenters. The van der Waals surface area contributed by atoms with E-state index in [9.17, 15) is 4.79 Å². The normalized spacial score (nSPS) is 16.9. The highest BCUT2D eigenvalue weighted by Crippen LogP contribution is 2.25. The van der Waals surface area contributed by atoms with Crippen LogP contribution in [0.2, 0.25) is 0 Å². The summed E-state index contributed by atoms with van der Waals surface area (Å²) in [5.74, 6) is 0.783. The van der Waals surface area contributed by atoms with Crippen LogP contribution in [0.25, 0.3) is 0 Å². The van der Waals surface area contributed by atoms with Gasteiger partial charge in [0.2, 0.25) is 5.91 Å². The molecule has 0 radical (unpaired) electrons. The van der Waals surface area contributed by atoms with Gasteiger partial charge in [0.1, 0.15) is 0 Å². The molecule has 2 rings (SSSR count). The van der Waals surface area contributed by atoms with E-state index in [1.54, 1.807) is 12.3 Å². The monoisotopic (exact) mass is 206 g/mol. The van der Waals surface area contributed by atoms with E-state index in [0.717, 1.165) is 11.5 Å². The van der Waals surface area contributed by atoms with Gasteiger partial charge in [-0.3, -0.25) is 4.79 Å². The molecule has 80 valence electrons. The SMILES string of the molecule is CC(N)CN1CC(=O)Nc2cccnc21. The van der Waals surface area contributed by atoms with Gasteiger partial charge in [0.25, 0.3) is 0 Å². The Balaban J connectivity index is 2.30. The van der Waals surface area contributed by atoms with Gasteiger partial charge >= 0.3 is 0 Å². The van der Waals surface area contributed by atoms with Crippen LogP contribution < -0.4 is 16.0 Å². The zero-order chi connectivity index (χ0) is 10.8. The Morgan fingerprint density at radius 1 is 1.73 bits per heavy atom. The van der Waals surface area contributed by atoms with E-state index in [0.29, 0.717) is 13.1 Å². The van der Waals surface area contributed by atoms with Crippen molar-refractivity contribution in [1.82, 2.24) is 4.98 Å². The molecule has 1 aromatic rings. The van der Waals surface area contributed by atoms with Gasteiger partial charge in [0.15, 0.2) is 5.82 Å². The fourth-order valence-electron chi connectivity index (χ4n) is 1.68. The summed E-state index contributed by atoms with van der Waals surface area (Å²) in [6, 6.07) is 3.66. The molecule has 0 bridgehead atoms. The van der Waals surface area contributed by atoms with E-state index in [1.807, 2.05) is 17.9 Å². The van der Waals surface area contributed by atoms with Crippen LogP contribution in [0.4, 0.5) is 11.5 Å². The standard InChI is InChI=1S/C10H14N4O/c1-7(11)5-14-6-9(15)13-8-3-2-4-12-10(8)14/h2-4,7H,5-6,11H2,1H3,(H,13,15). The number of hydrogen-bond donors (Lipinski definition) is 2. The van der Waals surface area contributed by atoms with E-state index >= 15 is 0 Å². The number of fused-ring (bicyclic) bond motifs is 1. The lowest BCUT2D eigenvalue weighted by molar-refractivity contribution is -0.115. The molecule has 0 saturated carbocycles. The van der Waals surface area contributed by atoms with E-state index in [2.05, 4.69) is 10.3 Å². The number of amides is 1. The molecular formula is C10H14N4O. The number of nitrogens with two attached hydrogens (primary N) is 1. The molecule has 1 aliphatic rings. The minimum atomic E-state index is -0.0175. The Morgan fingerprint density at radius 2 is 2.53 bits per heavy atom. The Morgan fingerprint density at radius 3 is 3.27 bits per heavy atom. The fourth-order valence-corrected chi connectivity index (χ4v) is 1.68. The number of nitrogens with zero attached hydrogens (tertiary/aromatic N) is 2. The summed E-state index contributed by atoms with van der Waals surface area (Å²) in [7, 11) is 0. The Bertz CT molecular complexity index is 377. The third-order valence-corrected chi connectivity index (χ3v) is 2.20. The third-order valence-electron chi connectivity index (χ3n) is 2.20. The largest absolute Gasteiger partial charge is 0.344 e. The maximum atomic E-state index is 11.4. The van der Waals surface area contributed by atoms with Crippen LogP contribution in [0.15, 0.2) is 18.3 Å². The van der Waals surface area contributed by atoms with Crippen LogP contribution in [0, 0.1) is 0 Å². The van der Waals surface area contributed by atoms with Gasteiger partial charge in [-0.15, -0.1) is 0 Å². The van der Waals surface area contributed by atoms with E-state index in [1.165, 1.54) is 0 Å². The molecule has 0 aromatic carbocycles. The van der Waals surface area contributed by atoms with Crippen LogP contribution in [0.5, 0.6) is 0 Å². The molecule has 0 fully saturated rings. The lowest BCUT2D eigenvalue weighted by atomic mass is 10.2. The van der Waals surface area contributed by atoms with Crippen LogP contribution >= 0.6 is 0 Å². The molecule has 1 aromatic heterocycles. The van der Waals surface area contributed by atoms with Crippen molar-refractivity contribution in [2.45, 2.75) is 13.0 Å². The molecule has 1 amide bonds. The molecule has 0 saturated heterocycles. The summed E-state index contributed by atoms with van der Waals surface area (Å²) >= 11 is 0. The van der Waals surface area contributed by atoms with Gasteiger partial charge in [0, 0.05) is 18.8 Å². The predicted octanol–water partition coefficient (Wildman–Crippen LogP) is 0.187. The number of hydrogen-bond acceptors (Lipinski definition) is 4. The zero-order valence-corrected chi connectivity index (χ0v) is 8.60. The van der Waals surface area contributed by atoms with Crippen molar-refractivity contribution in [2.75, 3.05) is 23.3 Å². The van der Waals surface area contributed by atoms with Gasteiger partial charge in [-0.2, -0.15) is 0 Å². The Hall–Kier alpha value is -1.62. The van der Waals surface area contributed by atoms with Crippen molar-refractivity contribution in [2.24, 2.45) is 5.73 Å². The van der Waals surface area contributed by atoms with Crippen molar-refractivity contribution in [1.29, 1.82) is 0 Å². The first-order valence-electron chi connectivity index (χ1n) is 4.92. The van der Waals surface area contributed by atoms with Crippen LogP contribution in [-0.2, 0) is 4.79 Å². The second-order valence-electron chi connectivity index (χ2n) is 3.78. The number of anilines is 2. The van der Waals surface area contributed by atoms with Crippen molar-refractivity contribution >= 4 is 17.4 Å². The summed E-state index contributed by atoms with van der Waals surface area (Å²) < 4.78 is 0. The fraction of sp³-hybridized carbons (Fsp3) is 0.400. The molecule has 15 heavy (non-hydrogen) atoms. The van der Waals surface area contributed by atoms with E-state index in [-0.39, 0.29) is 11.9 Å². The highest BCUT2D eigenvalue weighted by atomic mass is 16.2. The summed E-state index contributed by atoms with van der Waals surface area (Å²) in [6.45, 7) is 2.87. The molecule has 5 heteroatoms. The second kappa shape index (κ2) is 3.86. The van der Waals surface area contributed by atoms with Gasteiger partial charge in [-0.05, 0) is 19.1 Å². The predicted molar refractivity (Wildman–Crippen MR) is 58.7 cm³/mol. The maximum Gasteiger partial charge on any atom is 0.244 e. The molecule has 1 aliphatic heterocycles. The zero-order valence-electron chi connectivity index (χ0n) is 8.60. The topological polar surface area (TPSA) is 71.2 Å². The highest BCUT2D eigenvalue weighted by Gasteiger charge is 2.22. The summed E-state index contributed by atoms with van der Waals surface area (Å²) in [5.41, 5.74) is 6.48. The molecule has 5 nitrogen and oxygen atoms in total. The minimum Gasteiger partial charge on any atom is -0.344 e. The first-order valence-corrected chi connectivity index (χ1v) is 4.92. The number of carbonyl (C=O) groups is 1. The minimum absolute atomic E-state index is 0.0175. The molecule has 3 N–H and O–H groups in total. The third kappa shape index (κ3) is 2.07. The highest BCUT2D eigenvalue weighted by molar-refractivity contribution is 6.00. The maximum absolute atomic E-state index is 11.4. The molecular weight excluding hydrogens is 192 g/mol. The molecule has 1 atom stereocenters. The van der Waals surface area contributed by atoms with Crippen LogP contribution in [0.3, 0.4) is 0 Å². The summed E-state index contributed by atoms with van der Waals surface area (Å²) in [4.78, 5) is 17.5. The first-order chi connectivity index (χ1) is 7.16. The lowest BCUT2D eigenvalue weighted by Crippen LogP contribution is -2.44. The smallest absolute Gasteiger partial charge is 0.244 e. The second-order valence-corrected chi connectivity index (χ2v) is 3.78. The average molecular weight is 206 g/mol. The lowest BCUT2D eigenvalue weighted by Gasteiger charge is -2.30. The van der Waals surface area contributed by atoms with E-state index in [4.69, 9.17) is 5.73 Å². The number of nitrogens with one attached hydrogen (secondary N) is 1. The van der Waals surface area contributed by atoms with Crippen LogP contribution in [-0.4, -0.2) is 30.0 Å². The molecule has 0 spiro atoms. The van der Waals surface area contributed by atoms with E-state index < -0.39 is 0 Å². The summed E-state index contributed by atoms with van der Waals surface area (Å²) in [6.07, 6.45) is 1.71. The van der Waals surface area contributed by atoms with Gasteiger partial charge < -0.3 is 16.0 Å². The first kappa shape index (κ1) is 9.92. The van der Waals surface area contributed by atoms with Gasteiger partial charge in [-0.1, -0.05) is 0 Å². The average Bonchev–Trinajstić information content (AvgIpc) is 2.16.